The summed E-state index contributed by atoms with van der Waals surface area (Å²) in [4.78, 5) is 4.63. The van der Waals surface area contributed by atoms with Crippen LogP contribution in [-0.4, -0.2) is 29.8 Å². The van der Waals surface area contributed by atoms with E-state index in [4.69, 9.17) is 5.41 Å². The van der Waals surface area contributed by atoms with Crippen LogP contribution < -0.4 is 21.6 Å². The lowest BCUT2D eigenvalue weighted by atomic mass is 9.92. The molecule has 0 saturated carbocycles. The highest BCUT2D eigenvalue weighted by Crippen LogP contribution is 2.38. The number of anilines is 1. The van der Waals surface area contributed by atoms with Crippen LogP contribution >= 0.6 is 0 Å². The van der Waals surface area contributed by atoms with Crippen LogP contribution in [0.15, 0.2) is 66.6 Å². The maximum Gasteiger partial charge on any atom is 0.0933 e. The van der Waals surface area contributed by atoms with E-state index in [1.54, 1.807) is 0 Å². The summed E-state index contributed by atoms with van der Waals surface area (Å²) in [5.41, 5.74) is 15.1. The van der Waals surface area contributed by atoms with Crippen LogP contribution in [-0.2, 0) is 0 Å². The summed E-state index contributed by atoms with van der Waals surface area (Å²) < 4.78 is 0. The molecule has 162 valence electrons. The van der Waals surface area contributed by atoms with Gasteiger partial charge in [0.1, 0.15) is 0 Å². The Hall–Kier alpha value is -3.84. The smallest absolute Gasteiger partial charge is 0.0933 e. The first-order valence-corrected chi connectivity index (χ1v) is 10.8. The molecule has 0 radical (unpaired) electrons. The second kappa shape index (κ2) is 8.36. The van der Waals surface area contributed by atoms with E-state index in [9.17, 15) is 0 Å². The van der Waals surface area contributed by atoms with Crippen molar-refractivity contribution < 1.29 is 0 Å². The van der Waals surface area contributed by atoms with Crippen molar-refractivity contribution in [1.29, 1.82) is 5.41 Å². The number of rotatable bonds is 5. The van der Waals surface area contributed by atoms with E-state index < -0.39 is 0 Å². The Balaban J connectivity index is 1.64. The minimum Gasteiger partial charge on any atom is -0.393 e. The zero-order valence-electron chi connectivity index (χ0n) is 18.2. The lowest BCUT2D eigenvalue weighted by molar-refractivity contribution is 0.281. The number of allylic oxidation sites excluding steroid dienone is 2. The fraction of sp³-hybridized carbons (Fsp3) is 0.200. The Labute approximate surface area is 187 Å². The van der Waals surface area contributed by atoms with Gasteiger partial charge < -0.3 is 21.5 Å². The highest BCUT2D eigenvalue weighted by molar-refractivity contribution is 6.08. The van der Waals surface area contributed by atoms with Crippen molar-refractivity contribution in [3.8, 4) is 0 Å². The molecule has 0 amide bonds. The third-order valence-electron chi connectivity index (χ3n) is 6.08. The molecular weight excluding hydrogens is 398 g/mol. The summed E-state index contributed by atoms with van der Waals surface area (Å²) in [7, 11) is 1.85. The van der Waals surface area contributed by atoms with Crippen LogP contribution in [0.4, 0.5) is 5.69 Å². The molecule has 1 unspecified atom stereocenters. The van der Waals surface area contributed by atoms with Crippen LogP contribution in [0.2, 0.25) is 0 Å². The number of hydrogen-bond donors (Lipinski definition) is 5. The zero-order chi connectivity index (χ0) is 22.1. The van der Waals surface area contributed by atoms with Crippen molar-refractivity contribution in [1.82, 2.24) is 26.3 Å². The molecule has 3 aromatic rings. The molecule has 2 aliphatic rings. The van der Waals surface area contributed by atoms with Gasteiger partial charge in [0, 0.05) is 48.7 Å². The van der Waals surface area contributed by atoms with E-state index in [1.165, 1.54) is 23.0 Å². The first-order chi connectivity index (χ1) is 15.7. The van der Waals surface area contributed by atoms with E-state index in [0.717, 1.165) is 46.4 Å². The van der Waals surface area contributed by atoms with Crippen molar-refractivity contribution in [3.63, 3.8) is 0 Å². The maximum atomic E-state index is 7.86. The zero-order valence-corrected chi connectivity index (χ0v) is 18.2. The Morgan fingerprint density at radius 3 is 2.94 bits per heavy atom. The summed E-state index contributed by atoms with van der Waals surface area (Å²) >= 11 is 0. The topological polar surface area (TPSA) is 88.1 Å². The molecule has 2 aromatic carbocycles. The number of aromatic nitrogens is 1. The molecule has 5 N–H and O–H groups in total. The average molecular weight is 426 g/mol. The van der Waals surface area contributed by atoms with Crippen molar-refractivity contribution >= 4 is 34.1 Å². The Morgan fingerprint density at radius 1 is 1.22 bits per heavy atom. The van der Waals surface area contributed by atoms with Gasteiger partial charge in [-0.15, -0.1) is 5.53 Å². The molecule has 0 aliphatic carbocycles. The molecule has 0 saturated heterocycles. The summed E-state index contributed by atoms with van der Waals surface area (Å²) in [6.07, 6.45) is 5.99. The van der Waals surface area contributed by atoms with E-state index in [-0.39, 0.29) is 6.04 Å². The predicted molar refractivity (Wildman–Crippen MR) is 131 cm³/mol. The summed E-state index contributed by atoms with van der Waals surface area (Å²) in [6.45, 7) is 2.94. The van der Waals surface area contributed by atoms with E-state index in [2.05, 4.69) is 81.0 Å². The largest absolute Gasteiger partial charge is 0.393 e. The molecule has 2 aliphatic heterocycles. The van der Waals surface area contributed by atoms with Gasteiger partial charge in [-0.2, -0.15) is 0 Å². The number of pyridine rings is 1. The highest BCUT2D eigenvalue weighted by atomic mass is 15.7. The quantitative estimate of drug-likeness (QED) is 0.397. The van der Waals surface area contributed by atoms with Gasteiger partial charge in [-0.05, 0) is 42.7 Å². The minimum atomic E-state index is 0.0897. The van der Waals surface area contributed by atoms with Crippen LogP contribution in [0.5, 0.6) is 0 Å². The standard InChI is InChI=1S/C25H27N7/c1-16-25-20-9-8-18(19(14-26)15-27-2)13-21(20)22(10-12-32(25)31-30-16)29-23-7-3-5-17-6-4-11-28-24(17)23/h3-9,11,13-15,22,26-27,29-31H,10,12H2,1-2H3/b19-15+,26-14?. The van der Waals surface area contributed by atoms with Crippen LogP contribution in [0.1, 0.15) is 36.1 Å². The van der Waals surface area contributed by atoms with Gasteiger partial charge in [-0.1, -0.05) is 30.3 Å². The summed E-state index contributed by atoms with van der Waals surface area (Å²) in [5, 5.41) is 18.0. The molecule has 0 bridgehead atoms. The third kappa shape index (κ3) is 3.46. The Morgan fingerprint density at radius 2 is 2.09 bits per heavy atom. The van der Waals surface area contributed by atoms with Gasteiger partial charge in [-0.3, -0.25) is 9.99 Å². The Kier molecular flexibility index (Phi) is 5.25. The maximum absolute atomic E-state index is 7.86. The third-order valence-corrected chi connectivity index (χ3v) is 6.08. The van der Waals surface area contributed by atoms with E-state index >= 15 is 0 Å². The molecule has 1 atom stereocenters. The second-order valence-electron chi connectivity index (χ2n) is 8.06. The predicted octanol–water partition coefficient (Wildman–Crippen LogP) is 4.01. The van der Waals surface area contributed by atoms with Gasteiger partial charge in [0.2, 0.25) is 0 Å². The fourth-order valence-electron chi connectivity index (χ4n) is 4.57. The number of benzene rings is 2. The number of nitrogens with zero attached hydrogens (tertiary/aromatic N) is 2. The fourth-order valence-corrected chi connectivity index (χ4v) is 4.57. The number of fused-ring (bicyclic) bond motifs is 4. The summed E-state index contributed by atoms with van der Waals surface area (Å²) in [6, 6.07) is 16.9. The van der Waals surface area contributed by atoms with Crippen molar-refractivity contribution in [2.45, 2.75) is 19.4 Å². The van der Waals surface area contributed by atoms with Crippen LogP contribution in [0.25, 0.3) is 22.2 Å². The van der Waals surface area contributed by atoms with Gasteiger partial charge >= 0.3 is 0 Å². The van der Waals surface area contributed by atoms with Crippen molar-refractivity contribution in [2.75, 3.05) is 18.9 Å². The van der Waals surface area contributed by atoms with Gasteiger partial charge in [0.25, 0.3) is 0 Å². The first-order valence-electron chi connectivity index (χ1n) is 10.8. The average Bonchev–Trinajstić information content (AvgIpc) is 3.12. The minimum absolute atomic E-state index is 0.0897. The van der Waals surface area contributed by atoms with E-state index in [0.29, 0.717) is 0 Å². The Bertz CT molecular complexity index is 1240. The molecule has 32 heavy (non-hydrogen) atoms. The molecule has 7 nitrogen and oxygen atoms in total. The van der Waals surface area contributed by atoms with Crippen molar-refractivity contribution in [3.05, 3.63) is 83.3 Å². The molecule has 1 aromatic heterocycles. The van der Waals surface area contributed by atoms with Crippen LogP contribution in [0, 0.1) is 5.41 Å². The molecule has 5 rings (SSSR count). The van der Waals surface area contributed by atoms with E-state index in [1.807, 2.05) is 25.5 Å². The highest BCUT2D eigenvalue weighted by Gasteiger charge is 2.30. The number of nitrogens with one attached hydrogen (secondary N) is 5. The molecule has 0 spiro atoms. The lowest BCUT2D eigenvalue weighted by Crippen LogP contribution is -2.37. The van der Waals surface area contributed by atoms with Gasteiger partial charge in [0.15, 0.2) is 0 Å². The normalized spacial score (nSPS) is 18.0. The molecule has 3 heterocycles. The lowest BCUT2D eigenvalue weighted by Gasteiger charge is -2.22. The van der Waals surface area contributed by atoms with Crippen LogP contribution in [0.3, 0.4) is 0 Å². The first kappa shape index (κ1) is 20.1. The van der Waals surface area contributed by atoms with Gasteiger partial charge in [-0.25, -0.2) is 0 Å². The summed E-state index contributed by atoms with van der Waals surface area (Å²) in [5.74, 6) is 0. The molecule has 7 heteroatoms. The molecule has 0 fully saturated rings. The number of hydrogen-bond acceptors (Lipinski definition) is 7. The second-order valence-corrected chi connectivity index (χ2v) is 8.06. The monoisotopic (exact) mass is 425 g/mol. The van der Waals surface area contributed by atoms with Gasteiger partial charge in [0.05, 0.1) is 28.6 Å². The van der Waals surface area contributed by atoms with Crippen molar-refractivity contribution in [2.24, 2.45) is 0 Å². The SMILES string of the molecule is CN/C=C(\C=N)c1ccc2c(c1)C(Nc1cccc3cccnc13)CCN1NNC(C)=C21. The number of hydrazine groups is 2. The number of para-hydroxylation sites is 1. The molecular formula is C25H27N7.